The summed E-state index contributed by atoms with van der Waals surface area (Å²) in [5.41, 5.74) is -0.312. The minimum absolute atomic E-state index is 0.103. The van der Waals surface area contributed by atoms with Gasteiger partial charge in [0, 0.05) is 22.8 Å². The second-order valence-corrected chi connectivity index (χ2v) is 5.78. The first-order valence-corrected chi connectivity index (χ1v) is 7.45. The summed E-state index contributed by atoms with van der Waals surface area (Å²) in [7, 11) is 0. The summed E-state index contributed by atoms with van der Waals surface area (Å²) in [6.07, 6.45) is -3.99. The summed E-state index contributed by atoms with van der Waals surface area (Å²) >= 11 is 5.77. The quantitative estimate of drug-likeness (QED) is 0.843. The van der Waals surface area contributed by atoms with Gasteiger partial charge in [-0.2, -0.15) is 13.2 Å². The van der Waals surface area contributed by atoms with E-state index < -0.39 is 11.7 Å². The van der Waals surface area contributed by atoms with Crippen LogP contribution in [0, 0.1) is 0 Å². The van der Waals surface area contributed by atoms with Crippen molar-refractivity contribution in [2.75, 3.05) is 13.1 Å². The van der Waals surface area contributed by atoms with Gasteiger partial charge in [0.05, 0.1) is 18.7 Å². The van der Waals surface area contributed by atoms with Crippen molar-refractivity contribution in [3.63, 3.8) is 0 Å². The smallest absolute Gasteiger partial charge is 0.417 e. The van der Waals surface area contributed by atoms with Crippen LogP contribution in [0.3, 0.4) is 0 Å². The van der Waals surface area contributed by atoms with Crippen LogP contribution < -0.4 is 4.74 Å². The van der Waals surface area contributed by atoms with Crippen molar-refractivity contribution in [3.8, 4) is 5.88 Å². The third kappa shape index (κ3) is 3.62. The van der Waals surface area contributed by atoms with Crippen LogP contribution >= 0.6 is 11.6 Å². The van der Waals surface area contributed by atoms with E-state index in [0.717, 1.165) is 12.3 Å². The lowest BCUT2D eigenvalue weighted by Gasteiger charge is -2.38. The minimum Gasteiger partial charge on any atom is -0.471 e. The molecule has 1 fully saturated rings. The molecule has 126 valence electrons. The predicted molar refractivity (Wildman–Crippen MR) is 81.0 cm³/mol. The molecular weight excluding hydrogens is 345 g/mol. The number of ether oxygens (including phenoxy) is 1. The van der Waals surface area contributed by atoms with Crippen LogP contribution in [0.25, 0.3) is 0 Å². The molecule has 0 spiro atoms. The Hall–Kier alpha value is -2.28. The maximum absolute atomic E-state index is 12.5. The molecule has 8 heteroatoms. The number of aromatic nitrogens is 1. The van der Waals surface area contributed by atoms with Crippen LogP contribution in [0.15, 0.2) is 42.6 Å². The monoisotopic (exact) mass is 356 g/mol. The van der Waals surface area contributed by atoms with Gasteiger partial charge in [-0.3, -0.25) is 4.79 Å². The fraction of sp³-hybridized carbons (Fsp3) is 0.250. The number of alkyl halides is 3. The SMILES string of the molecule is O=C(c1ccc(Cl)cc1)N1CC(Oc2ccc(C(F)(F)F)cn2)C1. The number of nitrogens with zero attached hydrogens (tertiary/aromatic N) is 2. The average Bonchev–Trinajstić information content (AvgIpc) is 2.50. The molecule has 1 amide bonds. The van der Waals surface area contributed by atoms with Gasteiger partial charge in [-0.25, -0.2) is 4.98 Å². The summed E-state index contributed by atoms with van der Waals surface area (Å²) < 4.78 is 42.8. The third-order valence-electron chi connectivity index (χ3n) is 3.58. The van der Waals surface area contributed by atoms with Gasteiger partial charge in [-0.1, -0.05) is 11.6 Å². The summed E-state index contributed by atoms with van der Waals surface area (Å²) in [5.74, 6) is -0.0431. The molecule has 1 aromatic heterocycles. The van der Waals surface area contributed by atoms with Crippen molar-refractivity contribution >= 4 is 17.5 Å². The zero-order valence-electron chi connectivity index (χ0n) is 12.3. The Bertz CT molecular complexity index is 726. The predicted octanol–water partition coefficient (Wildman–Crippen LogP) is 3.66. The second-order valence-electron chi connectivity index (χ2n) is 5.34. The largest absolute Gasteiger partial charge is 0.471 e. The highest BCUT2D eigenvalue weighted by Gasteiger charge is 2.34. The van der Waals surface area contributed by atoms with Crippen LogP contribution in [-0.2, 0) is 6.18 Å². The first kappa shape index (κ1) is 16.6. The van der Waals surface area contributed by atoms with Gasteiger partial charge in [-0.05, 0) is 30.3 Å². The zero-order valence-corrected chi connectivity index (χ0v) is 13.0. The van der Waals surface area contributed by atoms with E-state index in [1.807, 2.05) is 0 Å². The number of rotatable bonds is 3. The number of hydrogen-bond donors (Lipinski definition) is 0. The Morgan fingerprint density at radius 1 is 1.17 bits per heavy atom. The average molecular weight is 357 g/mol. The normalized spacial score (nSPS) is 15.1. The molecule has 0 unspecified atom stereocenters. The Balaban J connectivity index is 1.53. The van der Waals surface area contributed by atoms with Crippen molar-refractivity contribution in [2.45, 2.75) is 12.3 Å². The summed E-state index contributed by atoms with van der Waals surface area (Å²) in [6.45, 7) is 0.703. The van der Waals surface area contributed by atoms with Crippen LogP contribution in [0.4, 0.5) is 13.2 Å². The van der Waals surface area contributed by atoms with E-state index in [9.17, 15) is 18.0 Å². The molecule has 0 radical (unpaired) electrons. The first-order valence-electron chi connectivity index (χ1n) is 7.07. The molecule has 0 aliphatic carbocycles. The van der Waals surface area contributed by atoms with Crippen molar-refractivity contribution in [2.24, 2.45) is 0 Å². The molecule has 0 saturated carbocycles. The van der Waals surface area contributed by atoms with Crippen molar-refractivity contribution in [3.05, 3.63) is 58.7 Å². The van der Waals surface area contributed by atoms with Gasteiger partial charge in [0.1, 0.15) is 6.10 Å². The summed E-state index contributed by atoms with van der Waals surface area (Å²) in [6, 6.07) is 8.63. The lowest BCUT2D eigenvalue weighted by atomic mass is 10.1. The number of carbonyl (C=O) groups excluding carboxylic acids is 1. The Morgan fingerprint density at radius 2 is 1.83 bits per heavy atom. The number of benzene rings is 1. The van der Waals surface area contributed by atoms with Gasteiger partial charge >= 0.3 is 6.18 Å². The molecule has 0 N–H and O–H groups in total. The third-order valence-corrected chi connectivity index (χ3v) is 3.83. The maximum Gasteiger partial charge on any atom is 0.417 e. The van der Waals surface area contributed by atoms with E-state index in [4.69, 9.17) is 16.3 Å². The first-order chi connectivity index (χ1) is 11.3. The highest BCUT2D eigenvalue weighted by atomic mass is 35.5. The summed E-state index contributed by atoms with van der Waals surface area (Å²) in [4.78, 5) is 17.4. The van der Waals surface area contributed by atoms with Gasteiger partial charge in [0.15, 0.2) is 0 Å². The second kappa shape index (κ2) is 6.32. The molecule has 1 aromatic carbocycles. The van der Waals surface area contributed by atoms with Crippen LogP contribution in [0.5, 0.6) is 5.88 Å². The van der Waals surface area contributed by atoms with Gasteiger partial charge in [-0.15, -0.1) is 0 Å². The molecule has 3 rings (SSSR count). The Morgan fingerprint density at radius 3 is 2.38 bits per heavy atom. The number of amides is 1. The van der Waals surface area contributed by atoms with Crippen molar-refractivity contribution < 1.29 is 22.7 Å². The standard InChI is InChI=1S/C16H12ClF3N2O2/c17-12-4-1-10(2-5-12)15(23)22-8-13(9-22)24-14-6-3-11(7-21-14)16(18,19)20/h1-7,13H,8-9H2. The zero-order chi connectivity index (χ0) is 17.3. The van der Waals surface area contributed by atoms with Crippen LogP contribution in [0.2, 0.25) is 5.02 Å². The lowest BCUT2D eigenvalue weighted by Crippen LogP contribution is -2.56. The highest BCUT2D eigenvalue weighted by Crippen LogP contribution is 2.29. The number of halogens is 4. The molecule has 1 saturated heterocycles. The molecule has 2 aromatic rings. The van der Waals surface area contributed by atoms with E-state index in [0.29, 0.717) is 23.7 Å². The van der Waals surface area contributed by atoms with Crippen molar-refractivity contribution in [1.82, 2.24) is 9.88 Å². The number of pyridine rings is 1. The number of likely N-dealkylation sites (tertiary alicyclic amines) is 1. The Kier molecular flexibility index (Phi) is 4.36. The molecule has 1 aliphatic rings. The van der Waals surface area contributed by atoms with Gasteiger partial charge in [0.2, 0.25) is 5.88 Å². The van der Waals surface area contributed by atoms with Crippen LogP contribution in [-0.4, -0.2) is 35.0 Å². The number of carbonyl (C=O) groups is 1. The fourth-order valence-electron chi connectivity index (χ4n) is 2.24. The van der Waals surface area contributed by atoms with Crippen molar-refractivity contribution in [1.29, 1.82) is 0 Å². The summed E-state index contributed by atoms with van der Waals surface area (Å²) in [5, 5.41) is 0.546. The molecule has 1 aliphatic heterocycles. The van der Waals surface area contributed by atoms with E-state index >= 15 is 0 Å². The van der Waals surface area contributed by atoms with E-state index in [1.165, 1.54) is 6.07 Å². The van der Waals surface area contributed by atoms with E-state index in [1.54, 1.807) is 29.2 Å². The molecule has 4 nitrogen and oxygen atoms in total. The van der Waals surface area contributed by atoms with Crippen LogP contribution in [0.1, 0.15) is 15.9 Å². The number of hydrogen-bond acceptors (Lipinski definition) is 3. The van der Waals surface area contributed by atoms with Gasteiger partial charge < -0.3 is 9.64 Å². The minimum atomic E-state index is -4.43. The highest BCUT2D eigenvalue weighted by molar-refractivity contribution is 6.30. The topological polar surface area (TPSA) is 42.4 Å². The molecule has 2 heterocycles. The molecule has 24 heavy (non-hydrogen) atoms. The fourth-order valence-corrected chi connectivity index (χ4v) is 2.37. The maximum atomic E-state index is 12.5. The molecular formula is C16H12ClF3N2O2. The van der Waals surface area contributed by atoms with Gasteiger partial charge in [0.25, 0.3) is 5.91 Å². The van der Waals surface area contributed by atoms with E-state index in [2.05, 4.69) is 4.98 Å². The molecule has 0 bridgehead atoms. The lowest BCUT2D eigenvalue weighted by molar-refractivity contribution is -0.137. The van der Waals surface area contributed by atoms with E-state index in [-0.39, 0.29) is 17.9 Å². The molecule has 0 atom stereocenters. The Labute approximate surface area is 140 Å².